The van der Waals surface area contributed by atoms with Crippen molar-refractivity contribution >= 4 is 16.0 Å². The Hall–Kier alpha value is -1.40. The van der Waals surface area contributed by atoms with Gasteiger partial charge in [0.2, 0.25) is 10.0 Å². The van der Waals surface area contributed by atoms with Gasteiger partial charge in [-0.3, -0.25) is 4.79 Å². The molecule has 0 atom stereocenters. The molecule has 0 N–H and O–H groups in total. The number of sulfonamides is 1. The van der Waals surface area contributed by atoms with Crippen LogP contribution in [0, 0.1) is 0 Å². The van der Waals surface area contributed by atoms with Crippen LogP contribution in [0.4, 0.5) is 0 Å². The lowest BCUT2D eigenvalue weighted by Crippen LogP contribution is -2.35. The van der Waals surface area contributed by atoms with E-state index in [2.05, 4.69) is 16.9 Å². The second-order valence-corrected chi connectivity index (χ2v) is 7.25. The minimum Gasteiger partial charge on any atom is -0.469 e. The summed E-state index contributed by atoms with van der Waals surface area (Å²) in [6, 6.07) is 8.09. The quantitative estimate of drug-likeness (QED) is 0.771. The van der Waals surface area contributed by atoms with Crippen molar-refractivity contribution in [3.63, 3.8) is 0 Å². The molecule has 0 saturated heterocycles. The molecule has 0 aromatic heterocycles. The molecule has 0 fully saturated rings. The van der Waals surface area contributed by atoms with Gasteiger partial charge in [0.15, 0.2) is 0 Å². The van der Waals surface area contributed by atoms with Crippen molar-refractivity contribution in [1.29, 1.82) is 0 Å². The summed E-state index contributed by atoms with van der Waals surface area (Å²) in [5.74, 6) is -0.369. The standard InChI is InChI=1S/C15H21NO4S/c1-20-15(17)7-4-12-21(18,19)16-10-8-13-5-2-3-6-14(13)9-11-16/h2-3,5-6H,4,7-12H2,1H3. The normalized spacial score (nSPS) is 16.0. The van der Waals surface area contributed by atoms with Crippen molar-refractivity contribution in [3.05, 3.63) is 35.4 Å². The smallest absolute Gasteiger partial charge is 0.305 e. The zero-order chi connectivity index (χ0) is 15.3. The lowest BCUT2D eigenvalue weighted by atomic mass is 10.0. The highest BCUT2D eigenvalue weighted by atomic mass is 32.2. The molecule has 21 heavy (non-hydrogen) atoms. The molecule has 1 heterocycles. The number of esters is 1. The molecular formula is C15H21NO4S. The summed E-state index contributed by atoms with van der Waals surface area (Å²) in [4.78, 5) is 11.0. The Kier molecular flexibility index (Phi) is 5.36. The minimum absolute atomic E-state index is 0.00154. The summed E-state index contributed by atoms with van der Waals surface area (Å²) in [6.07, 6.45) is 1.93. The first-order valence-electron chi connectivity index (χ1n) is 7.14. The molecule has 5 nitrogen and oxygen atoms in total. The van der Waals surface area contributed by atoms with E-state index in [4.69, 9.17) is 0 Å². The topological polar surface area (TPSA) is 63.7 Å². The third kappa shape index (κ3) is 4.28. The van der Waals surface area contributed by atoms with E-state index < -0.39 is 10.0 Å². The van der Waals surface area contributed by atoms with Crippen LogP contribution >= 0.6 is 0 Å². The van der Waals surface area contributed by atoms with Crippen molar-refractivity contribution in [2.75, 3.05) is 26.0 Å². The van der Waals surface area contributed by atoms with E-state index in [1.807, 2.05) is 12.1 Å². The van der Waals surface area contributed by atoms with Gasteiger partial charge in [-0.25, -0.2) is 12.7 Å². The summed E-state index contributed by atoms with van der Waals surface area (Å²) in [5.41, 5.74) is 2.45. The number of methoxy groups -OCH3 is 1. The number of hydrogen-bond donors (Lipinski definition) is 0. The third-order valence-corrected chi connectivity index (χ3v) is 5.74. The number of rotatable bonds is 5. The molecule has 0 aliphatic carbocycles. The van der Waals surface area contributed by atoms with Crippen molar-refractivity contribution in [2.24, 2.45) is 0 Å². The molecule has 0 unspecified atom stereocenters. The average molecular weight is 311 g/mol. The summed E-state index contributed by atoms with van der Waals surface area (Å²) in [7, 11) is -1.99. The third-order valence-electron chi connectivity index (χ3n) is 3.78. The van der Waals surface area contributed by atoms with Crippen molar-refractivity contribution in [1.82, 2.24) is 4.31 Å². The number of ether oxygens (including phenoxy) is 1. The van der Waals surface area contributed by atoms with Gasteiger partial charge in [-0.15, -0.1) is 0 Å². The van der Waals surface area contributed by atoms with E-state index in [1.54, 1.807) is 4.31 Å². The lowest BCUT2D eigenvalue weighted by Gasteiger charge is -2.19. The van der Waals surface area contributed by atoms with Crippen LogP contribution in [0.3, 0.4) is 0 Å². The number of benzene rings is 1. The Bertz CT molecular complexity index is 570. The van der Waals surface area contributed by atoms with Crippen LogP contribution in [0.15, 0.2) is 24.3 Å². The number of nitrogens with zero attached hydrogens (tertiary/aromatic N) is 1. The fraction of sp³-hybridized carbons (Fsp3) is 0.533. The predicted octanol–water partition coefficient (Wildman–Crippen LogP) is 1.37. The van der Waals surface area contributed by atoms with Gasteiger partial charge >= 0.3 is 5.97 Å². The van der Waals surface area contributed by atoms with E-state index in [1.165, 1.54) is 18.2 Å². The van der Waals surface area contributed by atoms with Gasteiger partial charge in [0.25, 0.3) is 0 Å². The maximum absolute atomic E-state index is 12.3. The van der Waals surface area contributed by atoms with Crippen molar-refractivity contribution < 1.29 is 17.9 Å². The molecule has 0 saturated carbocycles. The Labute approximate surface area is 126 Å². The Morgan fingerprint density at radius 2 is 1.76 bits per heavy atom. The van der Waals surface area contributed by atoms with Gasteiger partial charge in [0.1, 0.15) is 0 Å². The molecule has 116 valence electrons. The van der Waals surface area contributed by atoms with E-state index in [-0.39, 0.29) is 18.1 Å². The SMILES string of the molecule is COC(=O)CCCS(=O)(=O)N1CCc2ccccc2CC1. The second-order valence-electron chi connectivity index (χ2n) is 5.16. The molecular weight excluding hydrogens is 290 g/mol. The minimum atomic E-state index is -3.30. The van der Waals surface area contributed by atoms with E-state index >= 15 is 0 Å². The van der Waals surface area contributed by atoms with Crippen LogP contribution in [0.2, 0.25) is 0 Å². The number of carbonyl (C=O) groups is 1. The van der Waals surface area contributed by atoms with E-state index in [0.29, 0.717) is 19.5 Å². The fourth-order valence-corrected chi connectivity index (χ4v) is 4.06. The maximum atomic E-state index is 12.3. The summed E-state index contributed by atoms with van der Waals surface area (Å²) in [6.45, 7) is 1.02. The van der Waals surface area contributed by atoms with Gasteiger partial charge in [-0.2, -0.15) is 0 Å². The highest BCUT2D eigenvalue weighted by Gasteiger charge is 2.24. The largest absolute Gasteiger partial charge is 0.469 e. The van der Waals surface area contributed by atoms with Crippen molar-refractivity contribution in [2.45, 2.75) is 25.7 Å². The first kappa shape index (κ1) is 16.0. The van der Waals surface area contributed by atoms with Crippen LogP contribution in [0.5, 0.6) is 0 Å². The summed E-state index contributed by atoms with van der Waals surface area (Å²) < 4.78 is 30.7. The van der Waals surface area contributed by atoms with Gasteiger partial charge in [0.05, 0.1) is 12.9 Å². The van der Waals surface area contributed by atoms with E-state index in [9.17, 15) is 13.2 Å². The molecule has 1 aliphatic rings. The molecule has 6 heteroatoms. The van der Waals surface area contributed by atoms with Crippen molar-refractivity contribution in [3.8, 4) is 0 Å². The lowest BCUT2D eigenvalue weighted by molar-refractivity contribution is -0.140. The fourth-order valence-electron chi connectivity index (χ4n) is 2.56. The van der Waals surface area contributed by atoms with Crippen LogP contribution in [0.1, 0.15) is 24.0 Å². The predicted molar refractivity (Wildman–Crippen MR) is 80.5 cm³/mol. The molecule has 2 rings (SSSR count). The van der Waals surface area contributed by atoms with Gasteiger partial charge in [-0.05, 0) is 30.4 Å². The molecule has 1 aromatic carbocycles. The summed E-state index contributed by atoms with van der Waals surface area (Å²) >= 11 is 0. The van der Waals surface area contributed by atoms with E-state index in [0.717, 1.165) is 12.8 Å². The maximum Gasteiger partial charge on any atom is 0.305 e. The van der Waals surface area contributed by atoms with Crippen LogP contribution in [0.25, 0.3) is 0 Å². The summed E-state index contributed by atoms with van der Waals surface area (Å²) in [5, 5.41) is 0. The first-order chi connectivity index (χ1) is 10.0. The Balaban J connectivity index is 1.94. The van der Waals surface area contributed by atoms with Gasteiger partial charge < -0.3 is 4.74 Å². The molecule has 1 aliphatic heterocycles. The zero-order valence-electron chi connectivity index (χ0n) is 12.2. The molecule has 0 bridgehead atoms. The molecule has 0 spiro atoms. The highest BCUT2D eigenvalue weighted by Crippen LogP contribution is 2.18. The second kappa shape index (κ2) is 7.04. The van der Waals surface area contributed by atoms with Crippen LogP contribution in [-0.2, 0) is 32.4 Å². The van der Waals surface area contributed by atoms with Crippen LogP contribution < -0.4 is 0 Å². The number of hydrogen-bond acceptors (Lipinski definition) is 4. The first-order valence-corrected chi connectivity index (χ1v) is 8.75. The Morgan fingerprint density at radius 3 is 2.29 bits per heavy atom. The molecule has 0 radical (unpaired) electrons. The highest BCUT2D eigenvalue weighted by molar-refractivity contribution is 7.89. The monoisotopic (exact) mass is 311 g/mol. The van der Waals surface area contributed by atoms with Gasteiger partial charge in [-0.1, -0.05) is 24.3 Å². The van der Waals surface area contributed by atoms with Gasteiger partial charge in [0, 0.05) is 19.5 Å². The van der Waals surface area contributed by atoms with Crippen LogP contribution in [-0.4, -0.2) is 44.6 Å². The number of fused-ring (bicyclic) bond motifs is 1. The number of carbonyl (C=O) groups excluding carboxylic acids is 1. The zero-order valence-corrected chi connectivity index (χ0v) is 13.1. The Morgan fingerprint density at radius 1 is 1.19 bits per heavy atom. The molecule has 0 amide bonds. The molecule has 1 aromatic rings. The average Bonchev–Trinajstić information content (AvgIpc) is 2.69.